The zero-order valence-corrected chi connectivity index (χ0v) is 13.7. The summed E-state index contributed by atoms with van der Waals surface area (Å²) in [4.78, 5) is 11.0. The zero-order chi connectivity index (χ0) is 16.3. The molecule has 7 N–H and O–H groups in total. The molecule has 0 aromatic rings. The Balaban J connectivity index is 4.33. The average molecular weight is 298 g/mol. The lowest BCUT2D eigenvalue weighted by atomic mass is 9.79. The van der Waals surface area contributed by atoms with E-state index < -0.39 is 0 Å². The van der Waals surface area contributed by atoms with E-state index in [-0.39, 0.29) is 11.7 Å². The van der Waals surface area contributed by atoms with Gasteiger partial charge in [-0.15, -0.1) is 0 Å². The lowest BCUT2D eigenvalue weighted by molar-refractivity contribution is -0.118. The summed E-state index contributed by atoms with van der Waals surface area (Å²) in [5.41, 5.74) is 16.3. The number of unbranched alkanes of at least 4 members (excludes halogenated alkanes) is 1. The van der Waals surface area contributed by atoms with Crippen LogP contribution in [0, 0.1) is 23.2 Å². The van der Waals surface area contributed by atoms with Crippen LogP contribution in [0.3, 0.4) is 0 Å². The molecule has 0 fully saturated rings. The van der Waals surface area contributed by atoms with E-state index in [2.05, 4.69) is 13.8 Å². The van der Waals surface area contributed by atoms with Gasteiger partial charge in [-0.2, -0.15) is 0 Å². The van der Waals surface area contributed by atoms with Crippen molar-refractivity contribution in [2.24, 2.45) is 35.0 Å². The monoisotopic (exact) mass is 298 g/mol. The van der Waals surface area contributed by atoms with E-state index in [0.29, 0.717) is 30.6 Å². The summed E-state index contributed by atoms with van der Waals surface area (Å²) < 4.78 is 0. The van der Waals surface area contributed by atoms with Gasteiger partial charge in [0.25, 0.3) is 0 Å². The summed E-state index contributed by atoms with van der Waals surface area (Å²) in [7, 11) is 0. The highest BCUT2D eigenvalue weighted by Crippen LogP contribution is 2.30. The molecule has 0 bridgehead atoms. The molecule has 0 aromatic carbocycles. The van der Waals surface area contributed by atoms with E-state index in [9.17, 15) is 4.79 Å². The van der Waals surface area contributed by atoms with Crippen LogP contribution < -0.4 is 17.2 Å². The van der Waals surface area contributed by atoms with Gasteiger partial charge in [0.05, 0.1) is 5.84 Å². The summed E-state index contributed by atoms with van der Waals surface area (Å²) in [5, 5.41) is 7.28. The van der Waals surface area contributed by atoms with Gasteiger partial charge in [0.15, 0.2) is 0 Å². The molecule has 124 valence electrons. The molecule has 0 heterocycles. The molecule has 0 aliphatic rings. The molecule has 0 radical (unpaired) electrons. The smallest absolute Gasteiger partial charge is 0.217 e. The molecule has 0 aromatic heterocycles. The van der Waals surface area contributed by atoms with Crippen LogP contribution in [0.5, 0.6) is 0 Å². The maximum atomic E-state index is 11.0. The second-order valence-electron chi connectivity index (χ2n) is 6.45. The maximum absolute atomic E-state index is 11.0. The lowest BCUT2D eigenvalue weighted by Gasteiger charge is -2.26. The summed E-state index contributed by atoms with van der Waals surface area (Å²) in [5.74, 6) is 1.56. The summed E-state index contributed by atoms with van der Waals surface area (Å²) in [6.45, 7) is 5.11. The molecular weight excluding hydrogens is 264 g/mol. The molecular formula is C16H34N4O. The molecule has 5 heteroatoms. The number of carbonyl (C=O) groups is 1. The quantitative estimate of drug-likeness (QED) is 0.237. The molecule has 0 aliphatic heterocycles. The fourth-order valence-corrected chi connectivity index (χ4v) is 2.98. The van der Waals surface area contributed by atoms with Crippen molar-refractivity contribution in [2.45, 2.75) is 65.2 Å². The van der Waals surface area contributed by atoms with Gasteiger partial charge in [-0.1, -0.05) is 33.1 Å². The molecule has 0 spiro atoms. The van der Waals surface area contributed by atoms with Gasteiger partial charge in [-0.3, -0.25) is 10.2 Å². The first-order valence-corrected chi connectivity index (χ1v) is 8.18. The molecule has 1 amide bonds. The fraction of sp³-hybridized carbons (Fsp3) is 0.875. The number of hydrogen-bond acceptors (Lipinski definition) is 3. The molecule has 21 heavy (non-hydrogen) atoms. The van der Waals surface area contributed by atoms with Crippen LogP contribution in [-0.2, 0) is 4.79 Å². The largest absolute Gasteiger partial charge is 0.388 e. The molecule has 5 nitrogen and oxygen atoms in total. The number of primary amides is 1. The van der Waals surface area contributed by atoms with Gasteiger partial charge in [0, 0.05) is 12.8 Å². The fourth-order valence-electron chi connectivity index (χ4n) is 2.98. The first-order valence-electron chi connectivity index (χ1n) is 8.18. The Morgan fingerprint density at radius 1 is 1.10 bits per heavy atom. The van der Waals surface area contributed by atoms with E-state index in [1.54, 1.807) is 0 Å². The van der Waals surface area contributed by atoms with Gasteiger partial charge in [0.2, 0.25) is 5.91 Å². The van der Waals surface area contributed by atoms with Crippen molar-refractivity contribution in [3.63, 3.8) is 0 Å². The third kappa shape index (κ3) is 11.3. The SMILES string of the molecule is CC(CC(N)=O)CC(CCCCN)C(C)CCCC(=N)N. The van der Waals surface area contributed by atoms with Crippen LogP contribution in [-0.4, -0.2) is 18.3 Å². The number of amides is 1. The standard InChI is InChI=1S/C16H34N4O/c1-12(11-16(20)21)10-14(7-3-4-9-17)13(2)6-5-8-15(18)19/h12-14H,3-11,17H2,1-2H3,(H3,18,19)(H2,20,21). The number of nitrogens with two attached hydrogens (primary N) is 3. The normalized spacial score (nSPS) is 15.4. The Morgan fingerprint density at radius 3 is 2.29 bits per heavy atom. The van der Waals surface area contributed by atoms with Gasteiger partial charge < -0.3 is 17.2 Å². The highest BCUT2D eigenvalue weighted by atomic mass is 16.1. The lowest BCUT2D eigenvalue weighted by Crippen LogP contribution is -2.20. The average Bonchev–Trinajstić information content (AvgIpc) is 2.36. The predicted octanol–water partition coefficient (Wildman–Crippen LogP) is 2.38. The minimum absolute atomic E-state index is 0.215. The molecule has 3 unspecified atom stereocenters. The number of hydrogen-bond donors (Lipinski definition) is 4. The van der Waals surface area contributed by atoms with E-state index in [0.717, 1.165) is 45.1 Å². The Kier molecular flexibility index (Phi) is 10.9. The Morgan fingerprint density at radius 2 is 1.76 bits per heavy atom. The predicted molar refractivity (Wildman–Crippen MR) is 88.9 cm³/mol. The third-order valence-corrected chi connectivity index (χ3v) is 4.19. The number of amidine groups is 1. The van der Waals surface area contributed by atoms with E-state index >= 15 is 0 Å². The summed E-state index contributed by atoms with van der Waals surface area (Å²) in [6.07, 6.45) is 7.58. The minimum atomic E-state index is -0.215. The zero-order valence-electron chi connectivity index (χ0n) is 13.7. The van der Waals surface area contributed by atoms with Crippen molar-refractivity contribution in [3.05, 3.63) is 0 Å². The van der Waals surface area contributed by atoms with Crippen molar-refractivity contribution in [2.75, 3.05) is 6.54 Å². The number of carbonyl (C=O) groups excluding carboxylic acids is 1. The molecule has 3 atom stereocenters. The summed E-state index contributed by atoms with van der Waals surface area (Å²) >= 11 is 0. The molecule has 0 rings (SSSR count). The van der Waals surface area contributed by atoms with Crippen molar-refractivity contribution in [1.82, 2.24) is 0 Å². The van der Waals surface area contributed by atoms with E-state index in [1.807, 2.05) is 0 Å². The van der Waals surface area contributed by atoms with E-state index in [4.69, 9.17) is 22.6 Å². The van der Waals surface area contributed by atoms with Crippen LogP contribution in [0.2, 0.25) is 0 Å². The highest BCUT2D eigenvalue weighted by Gasteiger charge is 2.20. The molecule has 0 saturated carbocycles. The topological polar surface area (TPSA) is 119 Å². The van der Waals surface area contributed by atoms with Crippen LogP contribution in [0.15, 0.2) is 0 Å². The van der Waals surface area contributed by atoms with Crippen LogP contribution >= 0.6 is 0 Å². The molecule has 0 saturated heterocycles. The van der Waals surface area contributed by atoms with Gasteiger partial charge >= 0.3 is 0 Å². The Hall–Kier alpha value is -1.10. The van der Waals surface area contributed by atoms with Crippen molar-refractivity contribution < 1.29 is 4.79 Å². The number of rotatable bonds is 13. The second-order valence-corrected chi connectivity index (χ2v) is 6.45. The van der Waals surface area contributed by atoms with Crippen LogP contribution in [0.4, 0.5) is 0 Å². The van der Waals surface area contributed by atoms with Gasteiger partial charge in [-0.05, 0) is 43.6 Å². The van der Waals surface area contributed by atoms with Gasteiger partial charge in [-0.25, -0.2) is 0 Å². The Bertz CT molecular complexity index is 307. The first-order chi connectivity index (χ1) is 9.86. The van der Waals surface area contributed by atoms with Crippen molar-refractivity contribution >= 4 is 11.7 Å². The third-order valence-electron chi connectivity index (χ3n) is 4.19. The Labute approximate surface area is 129 Å². The summed E-state index contributed by atoms with van der Waals surface area (Å²) in [6, 6.07) is 0. The minimum Gasteiger partial charge on any atom is -0.388 e. The van der Waals surface area contributed by atoms with Crippen LogP contribution in [0.1, 0.15) is 65.2 Å². The van der Waals surface area contributed by atoms with Crippen LogP contribution in [0.25, 0.3) is 0 Å². The highest BCUT2D eigenvalue weighted by molar-refractivity contribution is 5.76. The van der Waals surface area contributed by atoms with Crippen molar-refractivity contribution in [1.29, 1.82) is 5.41 Å². The number of nitrogens with one attached hydrogen (secondary N) is 1. The van der Waals surface area contributed by atoms with Crippen molar-refractivity contribution in [3.8, 4) is 0 Å². The maximum Gasteiger partial charge on any atom is 0.217 e. The first kappa shape index (κ1) is 19.9. The molecule has 0 aliphatic carbocycles. The van der Waals surface area contributed by atoms with E-state index in [1.165, 1.54) is 0 Å². The second kappa shape index (κ2) is 11.5. The van der Waals surface area contributed by atoms with Gasteiger partial charge in [0.1, 0.15) is 0 Å².